The number of alkyl halides is 3. The van der Waals surface area contributed by atoms with Gasteiger partial charge in [0, 0.05) is 22.0 Å². The Balaban J connectivity index is 1.59. The zero-order valence-electron chi connectivity index (χ0n) is 14.6. The van der Waals surface area contributed by atoms with Crippen LogP contribution in [0.4, 0.5) is 23.5 Å². The molecule has 0 saturated heterocycles. The molecule has 11 heteroatoms. The van der Waals surface area contributed by atoms with E-state index < -0.39 is 41.7 Å². The molecule has 4 rings (SSSR count). The second kappa shape index (κ2) is 6.75. The smallest absolute Gasteiger partial charge is 0.328 e. The second-order valence-electron chi connectivity index (χ2n) is 7.08. The number of fused-ring (bicyclic) bond motifs is 2. The summed E-state index contributed by atoms with van der Waals surface area (Å²) < 4.78 is 53.7. The Labute approximate surface area is 170 Å². The van der Waals surface area contributed by atoms with Crippen molar-refractivity contribution in [1.82, 2.24) is 14.9 Å². The van der Waals surface area contributed by atoms with E-state index in [0.717, 1.165) is 17.3 Å². The fourth-order valence-electron chi connectivity index (χ4n) is 3.83. The van der Waals surface area contributed by atoms with Crippen LogP contribution in [-0.4, -0.2) is 45.9 Å². The number of anilines is 1. The lowest BCUT2D eigenvalue weighted by Gasteiger charge is -2.35. The molecule has 0 radical (unpaired) electrons. The number of halogens is 5. The average molecular weight is 473 g/mol. The van der Waals surface area contributed by atoms with Crippen molar-refractivity contribution in [3.8, 4) is 0 Å². The Morgan fingerprint density at radius 1 is 1.31 bits per heavy atom. The third kappa shape index (κ3) is 3.59. The number of nitrogens with zero attached hydrogens (tertiary/aromatic N) is 3. The minimum absolute atomic E-state index is 0.146. The van der Waals surface area contributed by atoms with Crippen LogP contribution < -0.4 is 5.32 Å². The first-order chi connectivity index (χ1) is 13.6. The van der Waals surface area contributed by atoms with E-state index in [1.54, 1.807) is 12.1 Å². The van der Waals surface area contributed by atoms with E-state index in [1.165, 1.54) is 6.07 Å². The van der Waals surface area contributed by atoms with Gasteiger partial charge in [-0.1, -0.05) is 15.9 Å². The Kier molecular flexibility index (Phi) is 4.60. The zero-order valence-corrected chi connectivity index (χ0v) is 16.2. The summed E-state index contributed by atoms with van der Waals surface area (Å²) in [7, 11) is 0. The zero-order chi connectivity index (χ0) is 21.0. The van der Waals surface area contributed by atoms with Gasteiger partial charge in [-0.2, -0.15) is 13.2 Å². The Bertz CT molecular complexity index is 998. The summed E-state index contributed by atoms with van der Waals surface area (Å²) >= 11 is 3.25. The Hall–Kier alpha value is -2.56. The van der Waals surface area contributed by atoms with Crippen molar-refractivity contribution in [2.75, 3.05) is 18.4 Å². The number of benzene rings is 1. The lowest BCUT2D eigenvalue weighted by Crippen LogP contribution is -2.48. The number of carbonyl (C=O) groups excluding carboxylic acids is 2. The van der Waals surface area contributed by atoms with Crippen molar-refractivity contribution in [2.24, 2.45) is 5.92 Å². The summed E-state index contributed by atoms with van der Waals surface area (Å²) in [6.45, 7) is -0.696. The van der Waals surface area contributed by atoms with Crippen LogP contribution >= 0.6 is 15.9 Å². The molecule has 2 heterocycles. The molecule has 6 nitrogen and oxygen atoms in total. The quantitative estimate of drug-likeness (QED) is 0.695. The van der Waals surface area contributed by atoms with Gasteiger partial charge in [-0.25, -0.2) is 14.4 Å². The highest BCUT2D eigenvalue weighted by Crippen LogP contribution is 2.63. The minimum Gasteiger partial charge on any atom is -0.328 e. The molecule has 1 saturated carbocycles. The van der Waals surface area contributed by atoms with Crippen LogP contribution in [0, 0.1) is 11.7 Å². The first-order valence-electron chi connectivity index (χ1n) is 8.53. The van der Waals surface area contributed by atoms with Crippen molar-refractivity contribution in [3.63, 3.8) is 0 Å². The number of nitrogens with one attached hydrogen (secondary N) is 1. The van der Waals surface area contributed by atoms with Crippen LogP contribution in [0.1, 0.15) is 22.3 Å². The molecule has 2 atom stereocenters. The van der Waals surface area contributed by atoms with Crippen LogP contribution in [-0.2, 0) is 10.2 Å². The van der Waals surface area contributed by atoms with E-state index in [0.29, 0.717) is 10.0 Å². The summed E-state index contributed by atoms with van der Waals surface area (Å²) in [5.74, 6) is -3.65. The first kappa shape index (κ1) is 19.7. The van der Waals surface area contributed by atoms with Crippen LogP contribution in [0.25, 0.3) is 0 Å². The molecular formula is C18H13BrF4N4O2. The van der Waals surface area contributed by atoms with Crippen molar-refractivity contribution >= 4 is 33.7 Å². The summed E-state index contributed by atoms with van der Waals surface area (Å²) in [5, 5.41) is 2.31. The molecule has 152 valence electrons. The van der Waals surface area contributed by atoms with Crippen LogP contribution in [0.3, 0.4) is 0 Å². The number of hydrogen-bond donors (Lipinski definition) is 1. The van der Waals surface area contributed by atoms with Gasteiger partial charge >= 0.3 is 6.18 Å². The highest BCUT2D eigenvalue weighted by molar-refractivity contribution is 9.10. The number of rotatable bonds is 3. The largest absolute Gasteiger partial charge is 0.392 e. The van der Waals surface area contributed by atoms with E-state index in [2.05, 4.69) is 31.2 Å². The first-order valence-corrected chi connectivity index (χ1v) is 9.33. The number of aromatic nitrogens is 2. The summed E-state index contributed by atoms with van der Waals surface area (Å²) in [4.78, 5) is 33.3. The minimum atomic E-state index is -4.41. The molecule has 0 unspecified atom stereocenters. The van der Waals surface area contributed by atoms with Crippen LogP contribution in [0.5, 0.6) is 0 Å². The summed E-state index contributed by atoms with van der Waals surface area (Å²) in [5.41, 5.74) is -0.771. The maximum Gasteiger partial charge on any atom is 0.392 e. The predicted molar refractivity (Wildman–Crippen MR) is 96.5 cm³/mol. The van der Waals surface area contributed by atoms with Gasteiger partial charge in [-0.05, 0) is 30.2 Å². The molecule has 1 spiro atoms. The molecular weight excluding hydrogens is 460 g/mol. The van der Waals surface area contributed by atoms with E-state index in [9.17, 15) is 27.2 Å². The van der Waals surface area contributed by atoms with Gasteiger partial charge in [0.15, 0.2) is 5.82 Å². The van der Waals surface area contributed by atoms with Crippen molar-refractivity contribution < 1.29 is 27.2 Å². The molecule has 29 heavy (non-hydrogen) atoms. The number of amides is 2. The number of hydrogen-bond acceptors (Lipinski definition) is 4. The fraction of sp³-hybridized carbons (Fsp3) is 0.333. The molecule has 1 aliphatic carbocycles. The Morgan fingerprint density at radius 3 is 2.62 bits per heavy atom. The maximum atomic E-state index is 13.4. The summed E-state index contributed by atoms with van der Waals surface area (Å²) in [6, 6.07) is 4.58. The third-order valence-corrected chi connectivity index (χ3v) is 5.68. The van der Waals surface area contributed by atoms with Crippen LogP contribution in [0.2, 0.25) is 0 Å². The third-order valence-electron chi connectivity index (χ3n) is 5.19. The summed E-state index contributed by atoms with van der Waals surface area (Å²) in [6.07, 6.45) is -2.84. The van der Waals surface area contributed by atoms with E-state index in [-0.39, 0.29) is 24.5 Å². The highest BCUT2D eigenvalue weighted by Gasteiger charge is 2.69. The van der Waals surface area contributed by atoms with E-state index in [1.807, 2.05) is 0 Å². The molecule has 1 aliphatic heterocycles. The van der Waals surface area contributed by atoms with Gasteiger partial charge in [-0.3, -0.25) is 14.9 Å². The van der Waals surface area contributed by atoms with Crippen molar-refractivity contribution in [2.45, 2.75) is 18.0 Å². The molecule has 2 amide bonds. The van der Waals surface area contributed by atoms with Gasteiger partial charge in [0.2, 0.25) is 11.9 Å². The Morgan fingerprint density at radius 2 is 2.00 bits per heavy atom. The van der Waals surface area contributed by atoms with E-state index >= 15 is 0 Å². The number of carbonyl (C=O) groups is 2. The van der Waals surface area contributed by atoms with Gasteiger partial charge in [0.25, 0.3) is 5.91 Å². The molecule has 2 aromatic rings. The van der Waals surface area contributed by atoms with Gasteiger partial charge < -0.3 is 4.90 Å². The SMILES string of the molecule is O=C(CN1C[C@]2(C[C@@H]2C(F)(F)F)c2cc(Br)ccc2C1=O)Nc1ncc(F)cn1. The fourth-order valence-corrected chi connectivity index (χ4v) is 4.19. The standard InChI is InChI=1S/C18H13BrF4N4O2/c19-9-1-2-11-12(3-9)17(4-13(17)18(21,22)23)8-27(15(11)29)7-14(28)26-16-24-5-10(20)6-25-16/h1-3,5-6,13H,4,7-8H2,(H,24,25,26,28)/t13-,17+/m0/s1. The normalized spacial score (nSPS) is 23.1. The van der Waals surface area contributed by atoms with Crippen molar-refractivity contribution in [1.29, 1.82) is 0 Å². The van der Waals surface area contributed by atoms with E-state index in [4.69, 9.17) is 0 Å². The molecule has 1 aromatic heterocycles. The molecule has 1 N–H and O–H groups in total. The molecule has 0 bridgehead atoms. The lowest BCUT2D eigenvalue weighted by atomic mass is 9.84. The monoisotopic (exact) mass is 472 g/mol. The molecule has 2 aliphatic rings. The molecule has 1 fully saturated rings. The van der Waals surface area contributed by atoms with Gasteiger partial charge in [-0.15, -0.1) is 0 Å². The maximum absolute atomic E-state index is 13.4. The topological polar surface area (TPSA) is 75.2 Å². The molecule has 1 aromatic carbocycles. The highest BCUT2D eigenvalue weighted by atomic mass is 79.9. The second-order valence-corrected chi connectivity index (χ2v) is 7.99. The van der Waals surface area contributed by atoms with Gasteiger partial charge in [0.05, 0.1) is 18.3 Å². The van der Waals surface area contributed by atoms with Crippen LogP contribution in [0.15, 0.2) is 35.1 Å². The predicted octanol–water partition coefficient (Wildman–Crippen LogP) is 3.29. The average Bonchev–Trinajstić information content (AvgIpc) is 3.37. The lowest BCUT2D eigenvalue weighted by molar-refractivity contribution is -0.153. The van der Waals surface area contributed by atoms with Crippen molar-refractivity contribution in [3.05, 3.63) is 52.0 Å². The van der Waals surface area contributed by atoms with Gasteiger partial charge in [0.1, 0.15) is 6.54 Å².